The molecule has 0 aromatic heterocycles. The van der Waals surface area contributed by atoms with E-state index in [9.17, 15) is 8.42 Å². The van der Waals surface area contributed by atoms with E-state index in [4.69, 9.17) is 0 Å². The van der Waals surface area contributed by atoms with Crippen molar-refractivity contribution in [3.05, 3.63) is 53.6 Å². The molecule has 1 atom stereocenters. The Balaban J connectivity index is 1.89. The second kappa shape index (κ2) is 5.07. The Morgan fingerprint density at radius 3 is 2.57 bits per heavy atom. The zero-order chi connectivity index (χ0) is 15.0. The summed E-state index contributed by atoms with van der Waals surface area (Å²) in [6.45, 7) is 4.05. The van der Waals surface area contributed by atoms with Gasteiger partial charge in [0.15, 0.2) is 0 Å². The molecule has 1 heterocycles. The molecule has 0 spiro atoms. The van der Waals surface area contributed by atoms with Gasteiger partial charge in [0.1, 0.15) is 0 Å². The van der Waals surface area contributed by atoms with Gasteiger partial charge >= 0.3 is 0 Å². The van der Waals surface area contributed by atoms with Gasteiger partial charge in [0.25, 0.3) is 10.0 Å². The summed E-state index contributed by atoms with van der Waals surface area (Å²) in [6, 6.07) is 12.9. The molecule has 0 aliphatic carbocycles. The monoisotopic (exact) mass is 302 g/mol. The topological polar surface area (TPSA) is 58.2 Å². The predicted molar refractivity (Wildman–Crippen MR) is 85.2 cm³/mol. The first-order chi connectivity index (χ1) is 9.94. The first-order valence-corrected chi connectivity index (χ1v) is 8.41. The lowest BCUT2D eigenvalue weighted by Crippen LogP contribution is -2.13. The number of aryl methyl sites for hydroxylation is 1. The Labute approximate surface area is 125 Å². The number of anilines is 2. The number of fused-ring (bicyclic) bond motifs is 1. The molecule has 2 N–H and O–H groups in total. The van der Waals surface area contributed by atoms with E-state index in [0.29, 0.717) is 16.6 Å². The molecular weight excluding hydrogens is 284 g/mol. The van der Waals surface area contributed by atoms with Crippen molar-refractivity contribution in [1.29, 1.82) is 0 Å². The van der Waals surface area contributed by atoms with Crippen LogP contribution in [0.2, 0.25) is 0 Å². The summed E-state index contributed by atoms with van der Waals surface area (Å²) < 4.78 is 27.5. The van der Waals surface area contributed by atoms with Crippen LogP contribution in [0, 0.1) is 6.92 Å². The molecule has 110 valence electrons. The van der Waals surface area contributed by atoms with Crippen LogP contribution in [-0.4, -0.2) is 14.5 Å². The Kier molecular flexibility index (Phi) is 3.37. The second-order valence-corrected chi connectivity index (χ2v) is 7.22. The second-order valence-electron chi connectivity index (χ2n) is 5.54. The van der Waals surface area contributed by atoms with Crippen LogP contribution in [0.4, 0.5) is 11.4 Å². The Morgan fingerprint density at radius 1 is 1.14 bits per heavy atom. The summed E-state index contributed by atoms with van der Waals surface area (Å²) in [7, 11) is -3.54. The van der Waals surface area contributed by atoms with Gasteiger partial charge in [-0.15, -0.1) is 0 Å². The number of nitrogens with one attached hydrogen (secondary N) is 2. The third-order valence-corrected chi connectivity index (χ3v) is 5.00. The van der Waals surface area contributed by atoms with Crippen molar-refractivity contribution < 1.29 is 8.42 Å². The minimum Gasteiger partial charge on any atom is -0.382 e. The molecule has 4 nitrogen and oxygen atoms in total. The molecule has 0 bridgehead atoms. The predicted octanol–water partition coefficient (Wildman–Crippen LogP) is 3.15. The van der Waals surface area contributed by atoms with E-state index in [1.807, 2.05) is 25.1 Å². The molecule has 2 aromatic rings. The maximum atomic E-state index is 12.4. The average Bonchev–Trinajstić information content (AvgIpc) is 2.80. The minimum absolute atomic E-state index is 0.303. The quantitative estimate of drug-likeness (QED) is 0.915. The Bertz CT molecular complexity index is 767. The third-order valence-electron chi connectivity index (χ3n) is 3.62. The van der Waals surface area contributed by atoms with Crippen LogP contribution in [0.15, 0.2) is 47.4 Å². The van der Waals surface area contributed by atoms with E-state index in [1.165, 1.54) is 0 Å². The van der Waals surface area contributed by atoms with Gasteiger partial charge in [-0.1, -0.05) is 17.7 Å². The van der Waals surface area contributed by atoms with Gasteiger partial charge in [0.2, 0.25) is 0 Å². The number of hydrogen-bond acceptors (Lipinski definition) is 3. The Morgan fingerprint density at radius 2 is 1.86 bits per heavy atom. The molecule has 0 saturated heterocycles. The average molecular weight is 302 g/mol. The molecule has 2 aromatic carbocycles. The maximum absolute atomic E-state index is 12.4. The van der Waals surface area contributed by atoms with Crippen LogP contribution in [0.5, 0.6) is 0 Å². The van der Waals surface area contributed by atoms with Crippen LogP contribution in [0.1, 0.15) is 18.1 Å². The van der Waals surface area contributed by atoms with E-state index in [1.54, 1.807) is 24.3 Å². The molecule has 0 amide bonds. The summed E-state index contributed by atoms with van der Waals surface area (Å²) in [5, 5.41) is 3.32. The highest BCUT2D eigenvalue weighted by molar-refractivity contribution is 7.92. The van der Waals surface area contributed by atoms with Crippen LogP contribution in [-0.2, 0) is 16.4 Å². The molecule has 0 radical (unpaired) electrons. The molecule has 0 fully saturated rings. The minimum atomic E-state index is -3.54. The van der Waals surface area contributed by atoms with E-state index < -0.39 is 10.0 Å². The van der Waals surface area contributed by atoms with Gasteiger partial charge in [0, 0.05) is 17.4 Å². The van der Waals surface area contributed by atoms with Gasteiger partial charge < -0.3 is 5.32 Å². The van der Waals surface area contributed by atoms with Crippen LogP contribution < -0.4 is 10.0 Å². The molecule has 1 aliphatic rings. The number of rotatable bonds is 3. The molecule has 0 saturated carbocycles. The third kappa shape index (κ3) is 2.88. The van der Waals surface area contributed by atoms with E-state index in [0.717, 1.165) is 23.2 Å². The summed E-state index contributed by atoms with van der Waals surface area (Å²) in [4.78, 5) is 0.303. The number of benzene rings is 2. The van der Waals surface area contributed by atoms with Gasteiger partial charge in [-0.2, -0.15) is 0 Å². The smallest absolute Gasteiger partial charge is 0.261 e. The van der Waals surface area contributed by atoms with Crippen molar-refractivity contribution in [1.82, 2.24) is 0 Å². The van der Waals surface area contributed by atoms with E-state index >= 15 is 0 Å². The SMILES string of the molecule is Cc1ccc(NS(=O)(=O)c2ccc3c(c2)CC(C)N3)cc1. The summed E-state index contributed by atoms with van der Waals surface area (Å²) in [6.07, 6.45) is 0.850. The molecule has 1 unspecified atom stereocenters. The van der Waals surface area contributed by atoms with Crippen molar-refractivity contribution in [2.75, 3.05) is 10.0 Å². The number of hydrogen-bond donors (Lipinski definition) is 2. The summed E-state index contributed by atoms with van der Waals surface area (Å²) in [5.74, 6) is 0. The zero-order valence-electron chi connectivity index (χ0n) is 12.1. The van der Waals surface area contributed by atoms with Crippen LogP contribution in [0.3, 0.4) is 0 Å². The van der Waals surface area contributed by atoms with E-state index in [-0.39, 0.29) is 0 Å². The van der Waals surface area contributed by atoms with Gasteiger partial charge in [-0.25, -0.2) is 8.42 Å². The first kappa shape index (κ1) is 13.9. The lowest BCUT2D eigenvalue weighted by molar-refractivity contribution is 0.601. The van der Waals surface area contributed by atoms with Crippen LogP contribution >= 0.6 is 0 Å². The largest absolute Gasteiger partial charge is 0.382 e. The summed E-state index contributed by atoms with van der Waals surface area (Å²) >= 11 is 0. The van der Waals surface area contributed by atoms with Crippen LogP contribution in [0.25, 0.3) is 0 Å². The van der Waals surface area contributed by atoms with Crippen molar-refractivity contribution >= 4 is 21.4 Å². The summed E-state index contributed by atoms with van der Waals surface area (Å²) in [5.41, 5.74) is 3.74. The standard InChI is InChI=1S/C16H18N2O2S/c1-11-3-5-14(6-4-11)18-21(19,20)15-7-8-16-13(10-15)9-12(2)17-16/h3-8,10,12,17-18H,9H2,1-2H3. The normalized spacial score (nSPS) is 17.1. The Hall–Kier alpha value is -2.01. The molecule has 5 heteroatoms. The zero-order valence-corrected chi connectivity index (χ0v) is 12.9. The lowest BCUT2D eigenvalue weighted by Gasteiger charge is -2.09. The van der Waals surface area contributed by atoms with Gasteiger partial charge in [-0.3, -0.25) is 4.72 Å². The number of sulfonamides is 1. The van der Waals surface area contributed by atoms with Crippen molar-refractivity contribution in [3.63, 3.8) is 0 Å². The van der Waals surface area contributed by atoms with Gasteiger partial charge in [0.05, 0.1) is 4.90 Å². The highest BCUT2D eigenvalue weighted by atomic mass is 32.2. The fourth-order valence-corrected chi connectivity index (χ4v) is 3.64. The fourth-order valence-electron chi connectivity index (χ4n) is 2.53. The molecule has 1 aliphatic heterocycles. The highest BCUT2D eigenvalue weighted by Gasteiger charge is 2.21. The van der Waals surface area contributed by atoms with Crippen molar-refractivity contribution in [3.8, 4) is 0 Å². The fraction of sp³-hybridized carbons (Fsp3) is 0.250. The van der Waals surface area contributed by atoms with E-state index in [2.05, 4.69) is 17.0 Å². The van der Waals surface area contributed by atoms with Gasteiger partial charge in [-0.05, 0) is 56.2 Å². The van der Waals surface area contributed by atoms with Crippen molar-refractivity contribution in [2.45, 2.75) is 31.2 Å². The highest BCUT2D eigenvalue weighted by Crippen LogP contribution is 2.28. The lowest BCUT2D eigenvalue weighted by atomic mass is 10.1. The molecular formula is C16H18N2O2S. The maximum Gasteiger partial charge on any atom is 0.261 e. The molecule has 21 heavy (non-hydrogen) atoms. The first-order valence-electron chi connectivity index (χ1n) is 6.93. The van der Waals surface area contributed by atoms with Crippen molar-refractivity contribution in [2.24, 2.45) is 0 Å². The molecule has 3 rings (SSSR count).